The van der Waals surface area contributed by atoms with Gasteiger partial charge in [0.25, 0.3) is 5.91 Å². The lowest BCUT2D eigenvalue weighted by molar-refractivity contribution is 0.0695. The topological polar surface area (TPSA) is 20.3 Å². The largest absolute Gasteiger partial charge is 0.338 e. The summed E-state index contributed by atoms with van der Waals surface area (Å²) in [7, 11) is 0. The maximum atomic E-state index is 12.3. The number of rotatable bonds is 3. The Morgan fingerprint density at radius 1 is 1.50 bits per heavy atom. The van der Waals surface area contributed by atoms with E-state index in [2.05, 4.69) is 19.9 Å². The van der Waals surface area contributed by atoms with Crippen molar-refractivity contribution in [3.8, 4) is 0 Å². The van der Waals surface area contributed by atoms with Crippen LogP contribution in [0.2, 0.25) is 0 Å². The molecule has 100 valence electrons. The van der Waals surface area contributed by atoms with E-state index in [0.717, 1.165) is 37.2 Å². The maximum Gasteiger partial charge on any atom is 0.263 e. The van der Waals surface area contributed by atoms with Crippen molar-refractivity contribution in [1.29, 1.82) is 0 Å². The summed E-state index contributed by atoms with van der Waals surface area (Å²) < 4.78 is 0. The molecule has 1 fully saturated rings. The Balaban J connectivity index is 1.95. The van der Waals surface area contributed by atoms with Gasteiger partial charge in [0.1, 0.15) is 0 Å². The van der Waals surface area contributed by atoms with E-state index in [4.69, 9.17) is 11.6 Å². The Hall–Kier alpha value is -0.540. The smallest absolute Gasteiger partial charge is 0.263 e. The van der Waals surface area contributed by atoms with E-state index in [9.17, 15) is 4.79 Å². The number of nitrogens with zero attached hydrogens (tertiary/aromatic N) is 1. The van der Waals surface area contributed by atoms with Crippen LogP contribution in [0.1, 0.15) is 41.2 Å². The third kappa shape index (κ3) is 3.07. The standard InChI is InChI=1S/C14H20ClNOS/c1-3-12-4-5-13(18-12)14(17)16-8-6-11(7-9-16)10(2)15/h4-5,10-11H,3,6-9H2,1-2H3. The molecule has 1 atom stereocenters. The fourth-order valence-corrected chi connectivity index (χ4v) is 3.57. The van der Waals surface area contributed by atoms with Crippen LogP contribution in [0.5, 0.6) is 0 Å². The molecule has 2 rings (SSSR count). The number of alkyl halides is 1. The molecule has 1 aliphatic heterocycles. The number of piperidine rings is 1. The van der Waals surface area contributed by atoms with Crippen LogP contribution in [0, 0.1) is 5.92 Å². The fraction of sp³-hybridized carbons (Fsp3) is 0.643. The quantitative estimate of drug-likeness (QED) is 0.774. The molecule has 1 saturated heterocycles. The van der Waals surface area contributed by atoms with Gasteiger partial charge in [-0.25, -0.2) is 0 Å². The highest BCUT2D eigenvalue weighted by molar-refractivity contribution is 7.14. The highest BCUT2D eigenvalue weighted by Gasteiger charge is 2.26. The van der Waals surface area contributed by atoms with Crippen molar-refractivity contribution < 1.29 is 4.79 Å². The molecule has 0 aliphatic carbocycles. The molecule has 0 radical (unpaired) electrons. The van der Waals surface area contributed by atoms with Crippen molar-refractivity contribution in [3.05, 3.63) is 21.9 Å². The van der Waals surface area contributed by atoms with Gasteiger partial charge < -0.3 is 4.90 Å². The molecule has 0 bridgehead atoms. The Labute approximate surface area is 118 Å². The number of likely N-dealkylation sites (tertiary alicyclic amines) is 1. The lowest BCUT2D eigenvalue weighted by Gasteiger charge is -2.32. The molecular formula is C14H20ClNOS. The summed E-state index contributed by atoms with van der Waals surface area (Å²) in [5, 5.41) is 0.218. The van der Waals surface area contributed by atoms with Crippen LogP contribution in [0.3, 0.4) is 0 Å². The van der Waals surface area contributed by atoms with Gasteiger partial charge in [-0.15, -0.1) is 22.9 Å². The minimum Gasteiger partial charge on any atom is -0.338 e. The summed E-state index contributed by atoms with van der Waals surface area (Å²) in [6.45, 7) is 5.86. The van der Waals surface area contributed by atoms with E-state index in [-0.39, 0.29) is 11.3 Å². The second-order valence-electron chi connectivity index (χ2n) is 4.93. The van der Waals surface area contributed by atoms with Crippen LogP contribution in [-0.2, 0) is 6.42 Å². The van der Waals surface area contributed by atoms with Crippen molar-refractivity contribution in [1.82, 2.24) is 4.90 Å². The van der Waals surface area contributed by atoms with Crippen molar-refractivity contribution >= 4 is 28.8 Å². The van der Waals surface area contributed by atoms with Gasteiger partial charge in [0.2, 0.25) is 0 Å². The van der Waals surface area contributed by atoms with Gasteiger partial charge in [-0.1, -0.05) is 6.92 Å². The SMILES string of the molecule is CCc1ccc(C(=O)N2CCC(C(C)Cl)CC2)s1. The van der Waals surface area contributed by atoms with Crippen LogP contribution < -0.4 is 0 Å². The van der Waals surface area contributed by atoms with Gasteiger partial charge in [0, 0.05) is 23.3 Å². The molecule has 0 aromatic carbocycles. The zero-order valence-electron chi connectivity index (χ0n) is 11.0. The first kappa shape index (κ1) is 13.9. The monoisotopic (exact) mass is 285 g/mol. The lowest BCUT2D eigenvalue weighted by Crippen LogP contribution is -2.39. The van der Waals surface area contributed by atoms with Gasteiger partial charge in [0.05, 0.1) is 4.88 Å². The minimum atomic E-state index is 0.195. The Kier molecular flexibility index (Phi) is 4.68. The average molecular weight is 286 g/mol. The van der Waals surface area contributed by atoms with E-state index in [1.54, 1.807) is 11.3 Å². The van der Waals surface area contributed by atoms with E-state index >= 15 is 0 Å². The van der Waals surface area contributed by atoms with E-state index < -0.39 is 0 Å². The number of thiophene rings is 1. The summed E-state index contributed by atoms with van der Waals surface area (Å²) in [6, 6.07) is 4.02. The number of hydrogen-bond donors (Lipinski definition) is 0. The molecule has 1 aromatic rings. The molecular weight excluding hydrogens is 266 g/mol. The summed E-state index contributed by atoms with van der Waals surface area (Å²) in [4.78, 5) is 16.4. The number of aryl methyl sites for hydroxylation is 1. The fourth-order valence-electron chi connectivity index (χ4n) is 2.40. The molecule has 4 heteroatoms. The Bertz CT molecular complexity index is 408. The van der Waals surface area contributed by atoms with Gasteiger partial charge in [-0.05, 0) is 44.2 Å². The second-order valence-corrected chi connectivity index (χ2v) is 6.78. The third-order valence-electron chi connectivity index (χ3n) is 3.70. The van der Waals surface area contributed by atoms with Gasteiger partial charge >= 0.3 is 0 Å². The number of halogens is 1. The molecule has 2 heterocycles. The van der Waals surface area contributed by atoms with Crippen LogP contribution in [0.25, 0.3) is 0 Å². The van der Waals surface area contributed by atoms with Gasteiger partial charge in [-0.2, -0.15) is 0 Å². The molecule has 0 N–H and O–H groups in total. The summed E-state index contributed by atoms with van der Waals surface area (Å²) in [5.41, 5.74) is 0. The van der Waals surface area contributed by atoms with Crippen LogP contribution >= 0.6 is 22.9 Å². The number of carbonyl (C=O) groups is 1. The number of amides is 1. The first-order chi connectivity index (χ1) is 8.61. The van der Waals surface area contributed by atoms with Crippen molar-refractivity contribution in [2.45, 2.75) is 38.5 Å². The minimum absolute atomic E-state index is 0.195. The Morgan fingerprint density at radius 3 is 2.67 bits per heavy atom. The summed E-state index contributed by atoms with van der Waals surface area (Å²) >= 11 is 7.75. The molecule has 18 heavy (non-hydrogen) atoms. The lowest BCUT2D eigenvalue weighted by atomic mass is 9.94. The average Bonchev–Trinajstić information content (AvgIpc) is 2.86. The summed E-state index contributed by atoms with van der Waals surface area (Å²) in [6.07, 6.45) is 3.06. The van der Waals surface area contributed by atoms with Gasteiger partial charge in [0.15, 0.2) is 0 Å². The molecule has 2 nitrogen and oxygen atoms in total. The highest BCUT2D eigenvalue weighted by atomic mass is 35.5. The molecule has 0 spiro atoms. The zero-order valence-corrected chi connectivity index (χ0v) is 12.6. The van der Waals surface area contributed by atoms with Crippen molar-refractivity contribution in [2.24, 2.45) is 5.92 Å². The first-order valence-corrected chi connectivity index (χ1v) is 7.89. The normalized spacial score (nSPS) is 18.9. The predicted octanol–water partition coefficient (Wildman–Crippen LogP) is 3.79. The van der Waals surface area contributed by atoms with Crippen LogP contribution in [0.15, 0.2) is 12.1 Å². The zero-order chi connectivity index (χ0) is 13.1. The van der Waals surface area contributed by atoms with E-state index in [1.165, 1.54) is 4.88 Å². The molecule has 1 amide bonds. The predicted molar refractivity (Wildman–Crippen MR) is 77.6 cm³/mol. The second kappa shape index (κ2) is 6.07. The number of carbonyl (C=O) groups excluding carboxylic acids is 1. The molecule has 0 saturated carbocycles. The third-order valence-corrected chi connectivity index (χ3v) is 5.27. The Morgan fingerprint density at radius 2 is 2.17 bits per heavy atom. The van der Waals surface area contributed by atoms with Crippen LogP contribution in [-0.4, -0.2) is 29.3 Å². The van der Waals surface area contributed by atoms with E-state index in [0.29, 0.717) is 5.92 Å². The van der Waals surface area contributed by atoms with E-state index in [1.807, 2.05) is 11.0 Å². The van der Waals surface area contributed by atoms with Gasteiger partial charge in [-0.3, -0.25) is 4.79 Å². The molecule has 1 aromatic heterocycles. The number of hydrogen-bond acceptors (Lipinski definition) is 2. The van der Waals surface area contributed by atoms with Crippen molar-refractivity contribution in [2.75, 3.05) is 13.1 Å². The highest BCUT2D eigenvalue weighted by Crippen LogP contribution is 2.26. The molecule has 1 aliphatic rings. The maximum absolute atomic E-state index is 12.3. The van der Waals surface area contributed by atoms with Crippen LogP contribution in [0.4, 0.5) is 0 Å². The first-order valence-electron chi connectivity index (χ1n) is 6.64. The molecule has 1 unspecified atom stereocenters. The van der Waals surface area contributed by atoms with Crippen molar-refractivity contribution in [3.63, 3.8) is 0 Å². The summed E-state index contributed by atoms with van der Waals surface area (Å²) in [5.74, 6) is 0.755.